The van der Waals surface area contributed by atoms with Gasteiger partial charge in [-0.1, -0.05) is 0 Å². The van der Waals surface area contributed by atoms with Crippen LogP contribution >= 0.6 is 0 Å². The number of ether oxygens (including phenoxy) is 1. The van der Waals surface area contributed by atoms with E-state index in [0.29, 0.717) is 5.69 Å². The van der Waals surface area contributed by atoms with Crippen LogP contribution in [0.3, 0.4) is 0 Å². The van der Waals surface area contributed by atoms with Crippen molar-refractivity contribution in [3.8, 4) is 5.75 Å². The molecule has 1 N–H and O–H groups in total. The molecule has 0 unspecified atom stereocenters. The van der Waals surface area contributed by atoms with Gasteiger partial charge in [-0.05, 0) is 24.3 Å². The summed E-state index contributed by atoms with van der Waals surface area (Å²) in [6, 6.07) is 5.75. The second-order valence-corrected chi connectivity index (χ2v) is 3.59. The van der Waals surface area contributed by atoms with Crippen LogP contribution in [-0.4, -0.2) is 29.5 Å². The topological polar surface area (TPSA) is 83.9 Å². The Kier molecular flexibility index (Phi) is 4.42. The number of carbonyl (C=O) groups is 3. The SMILES string of the molecule is CC(=O)OC(=O)CN(C(C)=O)c1ccc(O)cc1. The predicted molar refractivity (Wildman–Crippen MR) is 62.9 cm³/mol. The molecule has 0 saturated heterocycles. The minimum absolute atomic E-state index is 0.0496. The first kappa shape index (κ1) is 13.7. The molecule has 0 aromatic heterocycles. The number of rotatable bonds is 3. The molecule has 0 saturated carbocycles. The van der Waals surface area contributed by atoms with Gasteiger partial charge < -0.3 is 14.7 Å². The highest BCUT2D eigenvalue weighted by atomic mass is 16.6. The highest BCUT2D eigenvalue weighted by Gasteiger charge is 2.17. The Balaban J connectivity index is 2.83. The molecule has 0 bridgehead atoms. The van der Waals surface area contributed by atoms with E-state index in [0.717, 1.165) is 11.8 Å². The van der Waals surface area contributed by atoms with Gasteiger partial charge in [-0.2, -0.15) is 0 Å². The highest BCUT2D eigenvalue weighted by molar-refractivity contribution is 5.98. The van der Waals surface area contributed by atoms with Crippen LogP contribution in [0.5, 0.6) is 5.75 Å². The summed E-state index contributed by atoms with van der Waals surface area (Å²) in [5.41, 5.74) is 0.431. The fourth-order valence-electron chi connectivity index (χ4n) is 1.34. The van der Waals surface area contributed by atoms with Crippen molar-refractivity contribution >= 4 is 23.5 Å². The van der Waals surface area contributed by atoms with E-state index in [1.54, 1.807) is 0 Å². The van der Waals surface area contributed by atoms with Crippen LogP contribution in [-0.2, 0) is 19.1 Å². The van der Waals surface area contributed by atoms with E-state index in [2.05, 4.69) is 4.74 Å². The fourth-order valence-corrected chi connectivity index (χ4v) is 1.34. The van der Waals surface area contributed by atoms with Gasteiger partial charge in [-0.15, -0.1) is 0 Å². The zero-order valence-corrected chi connectivity index (χ0v) is 10.0. The first-order valence-corrected chi connectivity index (χ1v) is 5.18. The van der Waals surface area contributed by atoms with E-state index < -0.39 is 11.9 Å². The summed E-state index contributed by atoms with van der Waals surface area (Å²) in [5, 5.41) is 9.14. The van der Waals surface area contributed by atoms with E-state index in [-0.39, 0.29) is 18.2 Å². The van der Waals surface area contributed by atoms with Crippen molar-refractivity contribution in [2.24, 2.45) is 0 Å². The Morgan fingerprint density at radius 1 is 1.17 bits per heavy atom. The van der Waals surface area contributed by atoms with Crippen LogP contribution in [0.2, 0.25) is 0 Å². The molecular weight excluding hydrogens is 238 g/mol. The number of phenols is 1. The Hall–Kier alpha value is -2.37. The molecule has 0 aliphatic rings. The minimum atomic E-state index is -0.814. The molecule has 1 amide bonds. The molecule has 18 heavy (non-hydrogen) atoms. The maximum Gasteiger partial charge on any atom is 0.333 e. The highest BCUT2D eigenvalue weighted by Crippen LogP contribution is 2.18. The van der Waals surface area contributed by atoms with Gasteiger partial charge in [0.1, 0.15) is 12.3 Å². The number of phenolic OH excluding ortho intramolecular Hbond substituents is 1. The van der Waals surface area contributed by atoms with Gasteiger partial charge >= 0.3 is 11.9 Å². The third-order valence-corrected chi connectivity index (χ3v) is 2.09. The van der Waals surface area contributed by atoms with Gasteiger partial charge in [-0.25, -0.2) is 4.79 Å². The normalized spacial score (nSPS) is 9.67. The molecular formula is C12H13NO5. The first-order chi connectivity index (χ1) is 8.40. The summed E-state index contributed by atoms with van der Waals surface area (Å²) in [4.78, 5) is 34.5. The van der Waals surface area contributed by atoms with Crippen molar-refractivity contribution in [1.82, 2.24) is 0 Å². The average Bonchev–Trinajstić information content (AvgIpc) is 2.26. The standard InChI is InChI=1S/C12H13NO5/c1-8(14)13(7-12(17)18-9(2)15)10-3-5-11(16)6-4-10/h3-6,16H,7H2,1-2H3. The lowest BCUT2D eigenvalue weighted by Crippen LogP contribution is -2.35. The largest absolute Gasteiger partial charge is 0.508 e. The second kappa shape index (κ2) is 5.81. The summed E-state index contributed by atoms with van der Waals surface area (Å²) in [6.07, 6.45) is 0. The van der Waals surface area contributed by atoms with Crippen LogP contribution in [0, 0.1) is 0 Å². The molecule has 6 nitrogen and oxygen atoms in total. The number of amides is 1. The van der Waals surface area contributed by atoms with Gasteiger partial charge in [-0.3, -0.25) is 9.59 Å². The Labute approximate surface area is 104 Å². The molecule has 6 heteroatoms. The Morgan fingerprint density at radius 3 is 2.17 bits per heavy atom. The monoisotopic (exact) mass is 251 g/mol. The van der Waals surface area contributed by atoms with Crippen molar-refractivity contribution in [3.63, 3.8) is 0 Å². The zero-order chi connectivity index (χ0) is 13.7. The number of aromatic hydroxyl groups is 1. The summed E-state index contributed by atoms with van der Waals surface area (Å²) in [7, 11) is 0. The third-order valence-electron chi connectivity index (χ3n) is 2.09. The van der Waals surface area contributed by atoms with Crippen molar-refractivity contribution in [3.05, 3.63) is 24.3 Å². The van der Waals surface area contributed by atoms with Gasteiger partial charge in [0, 0.05) is 19.5 Å². The van der Waals surface area contributed by atoms with E-state index in [1.165, 1.54) is 31.2 Å². The van der Waals surface area contributed by atoms with Crippen LogP contribution in [0.25, 0.3) is 0 Å². The van der Waals surface area contributed by atoms with Crippen LogP contribution in [0.15, 0.2) is 24.3 Å². The number of hydrogen-bond donors (Lipinski definition) is 1. The maximum absolute atomic E-state index is 11.4. The lowest BCUT2D eigenvalue weighted by Gasteiger charge is -2.19. The average molecular weight is 251 g/mol. The molecule has 96 valence electrons. The number of hydrogen-bond acceptors (Lipinski definition) is 5. The van der Waals surface area contributed by atoms with Crippen molar-refractivity contribution < 1.29 is 24.2 Å². The van der Waals surface area contributed by atoms with E-state index in [4.69, 9.17) is 5.11 Å². The quantitative estimate of drug-likeness (QED) is 0.635. The number of benzene rings is 1. The maximum atomic E-state index is 11.4. The summed E-state index contributed by atoms with van der Waals surface area (Å²) in [6.45, 7) is 2.03. The molecule has 0 heterocycles. The van der Waals surface area contributed by atoms with E-state index in [1.807, 2.05) is 0 Å². The summed E-state index contributed by atoms with van der Waals surface area (Å²) >= 11 is 0. The lowest BCUT2D eigenvalue weighted by atomic mass is 10.2. The molecule has 0 aliphatic carbocycles. The smallest absolute Gasteiger partial charge is 0.333 e. The number of carbonyl (C=O) groups excluding carboxylic acids is 3. The number of nitrogens with zero attached hydrogens (tertiary/aromatic N) is 1. The van der Waals surface area contributed by atoms with E-state index >= 15 is 0 Å². The zero-order valence-electron chi connectivity index (χ0n) is 10.0. The van der Waals surface area contributed by atoms with Crippen LogP contribution in [0.1, 0.15) is 13.8 Å². The number of esters is 2. The lowest BCUT2D eigenvalue weighted by molar-refractivity contribution is -0.157. The minimum Gasteiger partial charge on any atom is -0.508 e. The number of anilines is 1. The molecule has 0 fully saturated rings. The van der Waals surface area contributed by atoms with Gasteiger partial charge in [0.25, 0.3) is 0 Å². The Bertz CT molecular complexity index is 466. The van der Waals surface area contributed by atoms with Gasteiger partial charge in [0.2, 0.25) is 5.91 Å². The van der Waals surface area contributed by atoms with Crippen LogP contribution in [0.4, 0.5) is 5.69 Å². The third kappa shape index (κ3) is 3.89. The molecule has 1 rings (SSSR count). The second-order valence-electron chi connectivity index (χ2n) is 3.59. The molecule has 0 atom stereocenters. The predicted octanol–water partition coefficient (Wildman–Crippen LogP) is 0.835. The molecule has 1 aromatic carbocycles. The fraction of sp³-hybridized carbons (Fsp3) is 0.250. The van der Waals surface area contributed by atoms with Gasteiger partial charge in [0.15, 0.2) is 0 Å². The molecule has 1 aromatic rings. The first-order valence-electron chi connectivity index (χ1n) is 5.18. The molecule has 0 spiro atoms. The summed E-state index contributed by atoms with van der Waals surface area (Å²) in [5.74, 6) is -1.87. The van der Waals surface area contributed by atoms with Gasteiger partial charge in [0.05, 0.1) is 0 Å². The Morgan fingerprint density at radius 2 is 1.72 bits per heavy atom. The van der Waals surface area contributed by atoms with Crippen LogP contribution < -0.4 is 4.90 Å². The van der Waals surface area contributed by atoms with Crippen molar-refractivity contribution in [2.75, 3.05) is 11.4 Å². The molecule has 0 aliphatic heterocycles. The summed E-state index contributed by atoms with van der Waals surface area (Å²) < 4.78 is 4.35. The van der Waals surface area contributed by atoms with Crippen molar-refractivity contribution in [1.29, 1.82) is 0 Å². The van der Waals surface area contributed by atoms with Crippen molar-refractivity contribution in [2.45, 2.75) is 13.8 Å². The van der Waals surface area contributed by atoms with E-state index in [9.17, 15) is 14.4 Å². The molecule has 0 radical (unpaired) electrons.